The van der Waals surface area contributed by atoms with E-state index in [2.05, 4.69) is 27.8 Å². The lowest BCUT2D eigenvalue weighted by Crippen LogP contribution is -2.32. The van der Waals surface area contributed by atoms with E-state index < -0.39 is 0 Å². The van der Waals surface area contributed by atoms with Crippen LogP contribution in [0.15, 0.2) is 0 Å². The summed E-state index contributed by atoms with van der Waals surface area (Å²) in [7, 11) is 1.82. The van der Waals surface area contributed by atoms with Gasteiger partial charge in [-0.15, -0.1) is 5.92 Å². The normalized spacial score (nSPS) is 18.5. The highest BCUT2D eigenvalue weighted by Crippen LogP contribution is 2.30. The second-order valence-corrected chi connectivity index (χ2v) is 5.71. The van der Waals surface area contributed by atoms with Gasteiger partial charge in [0.15, 0.2) is 0 Å². The first-order valence-electron chi connectivity index (χ1n) is 6.94. The van der Waals surface area contributed by atoms with Crippen molar-refractivity contribution < 1.29 is 4.74 Å². The molecule has 0 aliphatic heterocycles. The lowest BCUT2D eigenvalue weighted by atomic mass is 9.85. The summed E-state index contributed by atoms with van der Waals surface area (Å²) in [5.74, 6) is 6.73. The first-order valence-corrected chi connectivity index (χ1v) is 8.06. The topological polar surface area (TPSA) is 9.23 Å². The van der Waals surface area contributed by atoms with Crippen molar-refractivity contribution in [3.8, 4) is 11.8 Å². The van der Waals surface area contributed by atoms with Gasteiger partial charge in [-0.05, 0) is 38.5 Å². The van der Waals surface area contributed by atoms with Crippen molar-refractivity contribution in [2.45, 2.75) is 69.8 Å². The van der Waals surface area contributed by atoms with E-state index in [4.69, 9.17) is 4.74 Å². The predicted octanol–water partition coefficient (Wildman–Crippen LogP) is 4.68. The molecule has 0 spiro atoms. The summed E-state index contributed by atoms with van der Waals surface area (Å²) < 4.78 is 5.64. The van der Waals surface area contributed by atoms with E-state index >= 15 is 0 Å². The van der Waals surface area contributed by atoms with Gasteiger partial charge in [0.1, 0.15) is 5.60 Å². The molecule has 0 aromatic carbocycles. The molecule has 0 heterocycles. The number of methoxy groups -OCH3 is 1. The fourth-order valence-corrected chi connectivity index (χ4v) is 2.78. The molecule has 1 rings (SSSR count). The Morgan fingerprint density at radius 1 is 1.06 bits per heavy atom. The largest absolute Gasteiger partial charge is 0.366 e. The highest BCUT2D eigenvalue weighted by Gasteiger charge is 2.29. The lowest BCUT2D eigenvalue weighted by Gasteiger charge is -2.30. The van der Waals surface area contributed by atoms with Gasteiger partial charge in [0.2, 0.25) is 0 Å². The third-order valence-electron chi connectivity index (χ3n) is 3.55. The zero-order chi connectivity index (χ0) is 12.4. The third kappa shape index (κ3) is 5.93. The van der Waals surface area contributed by atoms with Crippen molar-refractivity contribution in [1.82, 2.24) is 0 Å². The molecule has 0 saturated heterocycles. The maximum absolute atomic E-state index is 5.64. The Labute approximate surface area is 115 Å². The van der Waals surface area contributed by atoms with Gasteiger partial charge in [0.05, 0.1) is 0 Å². The number of hydrogen-bond donors (Lipinski definition) is 0. The smallest absolute Gasteiger partial charge is 0.128 e. The molecule has 1 aliphatic carbocycles. The monoisotopic (exact) mass is 300 g/mol. The lowest BCUT2D eigenvalue weighted by molar-refractivity contribution is 0.0103. The summed E-state index contributed by atoms with van der Waals surface area (Å²) in [6.45, 7) is 0. The number of halogens is 1. The molecule has 0 atom stereocenters. The van der Waals surface area contributed by atoms with E-state index in [0.29, 0.717) is 0 Å². The maximum Gasteiger partial charge on any atom is 0.128 e. The fraction of sp³-hybridized carbons (Fsp3) is 0.867. The summed E-state index contributed by atoms with van der Waals surface area (Å²) in [4.78, 5) is 0. The van der Waals surface area contributed by atoms with Crippen LogP contribution in [0.2, 0.25) is 0 Å². The first kappa shape index (κ1) is 15.1. The van der Waals surface area contributed by atoms with Gasteiger partial charge in [-0.3, -0.25) is 0 Å². The molecule has 0 N–H and O–H groups in total. The average molecular weight is 301 g/mol. The molecule has 1 nitrogen and oxygen atoms in total. The highest BCUT2D eigenvalue weighted by atomic mass is 79.9. The zero-order valence-electron chi connectivity index (χ0n) is 11.1. The van der Waals surface area contributed by atoms with E-state index in [-0.39, 0.29) is 5.60 Å². The van der Waals surface area contributed by atoms with Crippen LogP contribution in [-0.2, 0) is 4.74 Å². The molecule has 17 heavy (non-hydrogen) atoms. The fourth-order valence-electron chi connectivity index (χ4n) is 2.39. The van der Waals surface area contributed by atoms with Gasteiger partial charge in [-0.25, -0.2) is 0 Å². The van der Waals surface area contributed by atoms with Crippen LogP contribution in [0.4, 0.5) is 0 Å². The van der Waals surface area contributed by atoms with Crippen molar-refractivity contribution >= 4 is 15.9 Å². The van der Waals surface area contributed by atoms with Crippen LogP contribution >= 0.6 is 15.9 Å². The molecule has 1 saturated carbocycles. The first-order chi connectivity index (χ1) is 8.33. The molecule has 0 radical (unpaired) electrons. The minimum absolute atomic E-state index is 0.103. The molecular formula is C15H25BrO. The van der Waals surface area contributed by atoms with Crippen LogP contribution in [0, 0.1) is 11.8 Å². The number of unbranched alkanes of at least 4 members (excludes halogenated alkanes) is 4. The van der Waals surface area contributed by atoms with Crippen molar-refractivity contribution in [1.29, 1.82) is 0 Å². The summed E-state index contributed by atoms with van der Waals surface area (Å²) in [6.07, 6.45) is 12.3. The molecule has 0 unspecified atom stereocenters. The Bertz CT molecular complexity index is 245. The van der Waals surface area contributed by atoms with Gasteiger partial charge in [0, 0.05) is 18.9 Å². The van der Waals surface area contributed by atoms with Gasteiger partial charge >= 0.3 is 0 Å². The van der Waals surface area contributed by atoms with E-state index in [1.165, 1.54) is 44.9 Å². The van der Waals surface area contributed by atoms with E-state index in [9.17, 15) is 0 Å². The molecule has 0 aromatic rings. The molecule has 2 heteroatoms. The SMILES string of the molecule is COC1(C#CCCCCCCBr)CCCCC1. The second-order valence-electron chi connectivity index (χ2n) is 4.91. The Hall–Kier alpha value is 0. The van der Waals surface area contributed by atoms with Gasteiger partial charge in [-0.2, -0.15) is 0 Å². The molecule has 1 aliphatic rings. The van der Waals surface area contributed by atoms with Crippen LogP contribution in [0.1, 0.15) is 64.2 Å². The van der Waals surface area contributed by atoms with Crippen LogP contribution < -0.4 is 0 Å². The molecule has 0 aromatic heterocycles. The van der Waals surface area contributed by atoms with Gasteiger partial charge in [-0.1, -0.05) is 41.1 Å². The van der Waals surface area contributed by atoms with Crippen molar-refractivity contribution in [2.24, 2.45) is 0 Å². The van der Waals surface area contributed by atoms with Gasteiger partial charge in [0.25, 0.3) is 0 Å². The molecule has 98 valence electrons. The summed E-state index contributed by atoms with van der Waals surface area (Å²) in [6, 6.07) is 0. The van der Waals surface area contributed by atoms with Crippen molar-refractivity contribution in [3.63, 3.8) is 0 Å². The van der Waals surface area contributed by atoms with Crippen LogP contribution in [0.25, 0.3) is 0 Å². The zero-order valence-corrected chi connectivity index (χ0v) is 12.7. The average Bonchev–Trinajstić information content (AvgIpc) is 2.39. The van der Waals surface area contributed by atoms with Crippen molar-refractivity contribution in [2.75, 3.05) is 12.4 Å². The Kier molecular flexibility index (Phi) is 7.97. The Morgan fingerprint density at radius 3 is 2.41 bits per heavy atom. The van der Waals surface area contributed by atoms with Crippen molar-refractivity contribution in [3.05, 3.63) is 0 Å². The third-order valence-corrected chi connectivity index (χ3v) is 4.11. The summed E-state index contributed by atoms with van der Waals surface area (Å²) in [5.41, 5.74) is -0.103. The van der Waals surface area contributed by atoms with Crippen LogP contribution in [0.5, 0.6) is 0 Å². The minimum Gasteiger partial charge on any atom is -0.366 e. The van der Waals surface area contributed by atoms with E-state index in [0.717, 1.165) is 24.6 Å². The number of ether oxygens (including phenoxy) is 1. The number of hydrogen-bond acceptors (Lipinski definition) is 1. The molecular weight excluding hydrogens is 276 g/mol. The highest BCUT2D eigenvalue weighted by molar-refractivity contribution is 9.09. The predicted molar refractivity (Wildman–Crippen MR) is 77.5 cm³/mol. The minimum atomic E-state index is -0.103. The van der Waals surface area contributed by atoms with E-state index in [1.807, 2.05) is 7.11 Å². The Balaban J connectivity index is 2.21. The standard InChI is InChI=1S/C15H25BrO/c1-17-15(12-8-6-9-13-15)11-7-4-2-3-5-10-14-16/h2-6,8-10,12-14H2,1H3. The quantitative estimate of drug-likeness (QED) is 0.393. The summed E-state index contributed by atoms with van der Waals surface area (Å²) >= 11 is 3.46. The molecule has 1 fully saturated rings. The molecule has 0 amide bonds. The second kappa shape index (κ2) is 9.00. The van der Waals surface area contributed by atoms with Gasteiger partial charge < -0.3 is 4.74 Å². The number of rotatable bonds is 6. The van der Waals surface area contributed by atoms with Crippen LogP contribution in [-0.4, -0.2) is 18.0 Å². The van der Waals surface area contributed by atoms with Crippen LogP contribution in [0.3, 0.4) is 0 Å². The maximum atomic E-state index is 5.64. The van der Waals surface area contributed by atoms with E-state index in [1.54, 1.807) is 0 Å². The Morgan fingerprint density at radius 2 is 1.76 bits per heavy atom. The summed E-state index contributed by atoms with van der Waals surface area (Å²) in [5, 5.41) is 1.13. The number of alkyl halides is 1. The molecule has 0 bridgehead atoms.